The minimum absolute atomic E-state index is 0.0625. The number of aryl methyl sites for hydroxylation is 1. The van der Waals surface area contributed by atoms with Crippen LogP contribution >= 0.6 is 11.6 Å². The molecule has 2 saturated heterocycles. The van der Waals surface area contributed by atoms with Crippen LogP contribution in [0.3, 0.4) is 0 Å². The van der Waals surface area contributed by atoms with E-state index in [-0.39, 0.29) is 29.4 Å². The molecule has 2 aromatic carbocycles. The van der Waals surface area contributed by atoms with Crippen molar-refractivity contribution >= 4 is 33.3 Å². The maximum Gasteiger partial charge on any atom is 0.335 e. The number of methoxy groups -OCH3 is 1. The van der Waals surface area contributed by atoms with Crippen molar-refractivity contribution in [2.24, 2.45) is 22.9 Å². The molecule has 1 unspecified atom stereocenters. The largest absolute Gasteiger partial charge is 0.490 e. The van der Waals surface area contributed by atoms with E-state index in [1.807, 2.05) is 13.0 Å². The molecule has 7 atom stereocenters. The van der Waals surface area contributed by atoms with Gasteiger partial charge in [0.05, 0.1) is 43.8 Å². The Morgan fingerprint density at radius 3 is 2.68 bits per heavy atom. The van der Waals surface area contributed by atoms with Crippen LogP contribution in [0.4, 0.5) is 5.69 Å². The molecular weight excluding hydrogens is 756 g/mol. The Bertz CT molecular complexity index is 1740. The summed E-state index contributed by atoms with van der Waals surface area (Å²) < 4.78 is 38.8. The lowest BCUT2D eigenvalue weighted by Crippen LogP contribution is -2.56. The van der Waals surface area contributed by atoms with Crippen molar-refractivity contribution in [3.05, 3.63) is 83.4 Å². The van der Waals surface area contributed by atoms with Gasteiger partial charge in [-0.15, -0.1) is 13.2 Å². The number of primary sulfonamides is 1. The van der Waals surface area contributed by atoms with E-state index in [1.165, 1.54) is 24.8 Å². The summed E-state index contributed by atoms with van der Waals surface area (Å²) in [6.45, 7) is 17.7. The molecule has 2 aromatic rings. The van der Waals surface area contributed by atoms with Gasteiger partial charge in [-0.05, 0) is 97.7 Å². The van der Waals surface area contributed by atoms with E-state index >= 15 is 0 Å². The van der Waals surface area contributed by atoms with Crippen molar-refractivity contribution in [3.8, 4) is 5.75 Å². The normalized spacial score (nSPS) is 26.0. The number of carbonyl (C=O) groups is 1. The fourth-order valence-electron chi connectivity index (χ4n) is 8.80. The van der Waals surface area contributed by atoms with Gasteiger partial charge >= 0.3 is 5.97 Å². The van der Waals surface area contributed by atoms with Gasteiger partial charge in [-0.3, -0.25) is 4.90 Å². The van der Waals surface area contributed by atoms with Gasteiger partial charge in [0.25, 0.3) is 0 Å². The molecule has 1 saturated carbocycles. The van der Waals surface area contributed by atoms with E-state index in [0.29, 0.717) is 25.0 Å². The molecule has 310 valence electrons. The number of nitrogens with zero attached hydrogens (tertiary/aromatic N) is 2. The number of morpholine rings is 1. The molecule has 0 amide bonds. The zero-order chi connectivity index (χ0) is 40.5. The Morgan fingerprint density at radius 2 is 2.02 bits per heavy atom. The van der Waals surface area contributed by atoms with E-state index in [2.05, 4.69) is 40.4 Å². The molecule has 56 heavy (non-hydrogen) atoms. The summed E-state index contributed by atoms with van der Waals surface area (Å²) in [5.41, 5.74) is 3.44. The number of rotatable bonds is 11. The maximum atomic E-state index is 11.7. The summed E-state index contributed by atoms with van der Waals surface area (Å²) in [5, 5.41) is 28.5. The van der Waals surface area contributed by atoms with E-state index in [1.54, 1.807) is 30.4 Å². The minimum atomic E-state index is -3.52. The number of aromatic carboxylic acids is 1. The average Bonchev–Trinajstić information content (AvgIpc) is 3.32. The Hall–Kier alpha value is -3.01. The molecule has 7 rings (SSSR count). The number of ether oxygens (including phenoxy) is 3. The van der Waals surface area contributed by atoms with E-state index in [0.717, 1.165) is 94.5 Å². The van der Waals surface area contributed by atoms with Gasteiger partial charge in [-0.1, -0.05) is 36.7 Å². The molecule has 1 spiro atoms. The number of nitrogens with two attached hydrogens (primary N) is 1. The molecule has 14 heteroatoms. The summed E-state index contributed by atoms with van der Waals surface area (Å²) >= 11 is 6.31. The number of aliphatic hydroxyl groups is 1. The fourth-order valence-corrected chi connectivity index (χ4v) is 10.1. The summed E-state index contributed by atoms with van der Waals surface area (Å²) in [4.78, 5) is 16.5. The number of aliphatic hydroxyl groups excluding tert-OH is 1. The molecule has 2 aliphatic carbocycles. The van der Waals surface area contributed by atoms with Gasteiger partial charge in [0.1, 0.15) is 11.0 Å². The number of carboxylic acids is 1. The SMILES string of the molecule is C1CN2CCOC[C@@H]2CN1.C=CC[C@H](C)C(COC)S(N)(=O)=O.C=C[C@H](O)[C@@H]1CC[C@H]1CN1C[C@@]2(CCCc3cc(Cl)ccc32)COc2ccc(C(=O)O)cc21. The number of allylic oxidation sites excluding steroid dienone is 1. The Morgan fingerprint density at radius 1 is 1.21 bits per heavy atom. The second kappa shape index (κ2) is 20.1. The first-order chi connectivity index (χ1) is 26.8. The molecule has 3 fully saturated rings. The standard InChI is InChI=1S/C27H30ClNO4.C8H17NO3S.C7H14N2O/c1-2-24(30)21-8-5-19(21)14-29-15-27(11-3-4-17-12-20(28)7-9-22(17)27)16-33-25-10-6-18(26(31)32)13-23(25)29;1-4-5-7(2)8(6-12-3)13(9,10)11;1-2-9-3-4-10-6-7(9)5-8-1/h2,6-7,9-10,12-13,19,21,24,30H,1,3-5,8,11,14-16H2,(H,31,32);4,7-8H,1,5-6H2,2-3H3,(H2,9,10,11);7-8H,1-6H2/t19-,21+,24-,27-;7-,8?;7-/m000/s1. The number of halogens is 1. The molecule has 3 heterocycles. The van der Waals surface area contributed by atoms with Crippen LogP contribution < -0.4 is 20.1 Å². The third-order valence-electron chi connectivity index (χ3n) is 12.1. The summed E-state index contributed by atoms with van der Waals surface area (Å²) in [6, 6.07) is 12.0. The third kappa shape index (κ3) is 10.9. The van der Waals surface area contributed by atoms with Crippen molar-refractivity contribution < 1.29 is 37.6 Å². The number of piperazine rings is 1. The van der Waals surface area contributed by atoms with Crippen LogP contribution in [0.15, 0.2) is 61.7 Å². The Kier molecular flexibility index (Phi) is 15.8. The third-order valence-corrected chi connectivity index (χ3v) is 13.8. The van der Waals surface area contributed by atoms with Gasteiger partial charge in [0.15, 0.2) is 0 Å². The smallest absolute Gasteiger partial charge is 0.335 e. The summed E-state index contributed by atoms with van der Waals surface area (Å²) in [6.07, 6.45) is 8.50. The molecule has 3 aliphatic heterocycles. The number of nitrogens with one attached hydrogen (secondary N) is 1. The lowest BCUT2D eigenvalue weighted by molar-refractivity contribution is -0.0168. The zero-order valence-corrected chi connectivity index (χ0v) is 34.5. The highest BCUT2D eigenvalue weighted by Crippen LogP contribution is 2.46. The molecule has 12 nitrogen and oxygen atoms in total. The van der Waals surface area contributed by atoms with Gasteiger partial charge in [-0.2, -0.15) is 0 Å². The van der Waals surface area contributed by atoms with Gasteiger partial charge in [-0.25, -0.2) is 18.4 Å². The van der Waals surface area contributed by atoms with Crippen molar-refractivity contribution in [2.75, 3.05) is 77.7 Å². The molecule has 5 aliphatic rings. The van der Waals surface area contributed by atoms with E-state index in [9.17, 15) is 23.4 Å². The quantitative estimate of drug-likeness (QED) is 0.229. The molecule has 0 radical (unpaired) electrons. The van der Waals surface area contributed by atoms with Gasteiger partial charge in [0.2, 0.25) is 10.0 Å². The first kappa shape index (κ1) is 44.1. The molecule has 0 aromatic heterocycles. The fraction of sp³-hybridized carbons (Fsp3) is 0.595. The minimum Gasteiger partial charge on any atom is -0.490 e. The number of hydrogen-bond acceptors (Lipinski definition) is 10. The summed E-state index contributed by atoms with van der Waals surface area (Å²) in [7, 11) is -2.06. The van der Waals surface area contributed by atoms with Crippen LogP contribution in [0.2, 0.25) is 5.02 Å². The van der Waals surface area contributed by atoms with Crippen LogP contribution in [0.25, 0.3) is 0 Å². The van der Waals surface area contributed by atoms with Crippen LogP contribution in [0.5, 0.6) is 5.75 Å². The number of carboxylic acid groups (broad SMARTS) is 1. The highest BCUT2D eigenvalue weighted by molar-refractivity contribution is 7.89. The second-order valence-electron chi connectivity index (χ2n) is 15.9. The van der Waals surface area contributed by atoms with Crippen molar-refractivity contribution in [1.82, 2.24) is 10.2 Å². The topological polar surface area (TPSA) is 164 Å². The first-order valence-corrected chi connectivity index (χ1v) is 21.8. The number of hydrogen-bond donors (Lipinski definition) is 4. The maximum absolute atomic E-state index is 11.7. The lowest BCUT2D eigenvalue weighted by Gasteiger charge is -2.45. The zero-order valence-electron chi connectivity index (χ0n) is 32.9. The number of benzene rings is 2. The molecule has 5 N–H and O–H groups in total. The van der Waals surface area contributed by atoms with Crippen molar-refractivity contribution in [3.63, 3.8) is 0 Å². The van der Waals surface area contributed by atoms with Gasteiger partial charge < -0.3 is 34.6 Å². The van der Waals surface area contributed by atoms with E-state index < -0.39 is 27.3 Å². The Balaban J connectivity index is 0.000000213. The molecule has 0 bridgehead atoms. The Labute approximate surface area is 338 Å². The average molecular weight is 817 g/mol. The van der Waals surface area contributed by atoms with Crippen LogP contribution in [-0.2, 0) is 31.3 Å². The van der Waals surface area contributed by atoms with Crippen molar-refractivity contribution in [2.45, 2.75) is 68.3 Å². The highest BCUT2D eigenvalue weighted by Gasteiger charge is 2.44. The second-order valence-corrected chi connectivity index (χ2v) is 18.1. The lowest BCUT2D eigenvalue weighted by atomic mass is 9.68. The van der Waals surface area contributed by atoms with Crippen LogP contribution in [0, 0.1) is 17.8 Å². The van der Waals surface area contributed by atoms with E-state index in [4.69, 9.17) is 31.0 Å². The van der Waals surface area contributed by atoms with Crippen LogP contribution in [-0.4, -0.2) is 120 Å². The molecular formula is C42H61ClN4O8S. The number of anilines is 1. The summed E-state index contributed by atoms with van der Waals surface area (Å²) in [5.74, 6) is 0.220. The predicted molar refractivity (Wildman–Crippen MR) is 221 cm³/mol. The predicted octanol–water partition coefficient (Wildman–Crippen LogP) is 4.88. The highest BCUT2D eigenvalue weighted by atomic mass is 35.5. The van der Waals surface area contributed by atoms with Crippen LogP contribution in [0.1, 0.15) is 60.5 Å². The number of fused-ring (bicyclic) bond motifs is 4. The monoisotopic (exact) mass is 816 g/mol. The number of sulfonamides is 1. The first-order valence-electron chi connectivity index (χ1n) is 19.8. The van der Waals surface area contributed by atoms with Gasteiger partial charge in [0, 0.05) is 62.9 Å². The van der Waals surface area contributed by atoms with Crippen molar-refractivity contribution in [1.29, 1.82) is 0 Å².